The van der Waals surface area contributed by atoms with Crippen molar-refractivity contribution in [2.45, 2.75) is 0 Å². The van der Waals surface area contributed by atoms with Crippen LogP contribution in [-0.4, -0.2) is 57.8 Å². The van der Waals surface area contributed by atoms with Gasteiger partial charge in [-0.05, 0) is 31.3 Å². The van der Waals surface area contributed by atoms with E-state index in [1.807, 2.05) is 36.4 Å². The van der Waals surface area contributed by atoms with E-state index in [9.17, 15) is 4.79 Å². The van der Waals surface area contributed by atoms with Gasteiger partial charge in [-0.25, -0.2) is 0 Å². The van der Waals surface area contributed by atoms with Crippen LogP contribution in [0, 0.1) is 0 Å². The molecule has 1 amide bonds. The van der Waals surface area contributed by atoms with E-state index >= 15 is 0 Å². The zero-order chi connectivity index (χ0) is 18.4. The van der Waals surface area contributed by atoms with Gasteiger partial charge in [-0.2, -0.15) is 0 Å². The van der Waals surface area contributed by atoms with Crippen molar-refractivity contribution in [3.63, 3.8) is 0 Å². The topological polar surface area (TPSA) is 54.0 Å². The molecule has 6 heteroatoms. The van der Waals surface area contributed by atoms with E-state index in [0.29, 0.717) is 11.5 Å². The Kier molecular flexibility index (Phi) is 5.96. The minimum atomic E-state index is -0.197. The zero-order valence-corrected chi connectivity index (χ0v) is 15.3. The maximum absolute atomic E-state index is 12.4. The Hall–Kier alpha value is -2.73. The number of hydrogen-bond donors (Lipinski definition) is 1. The van der Waals surface area contributed by atoms with E-state index in [-0.39, 0.29) is 12.5 Å². The number of hydrogen-bond acceptors (Lipinski definition) is 5. The van der Waals surface area contributed by atoms with Crippen molar-refractivity contribution < 1.29 is 14.3 Å². The van der Waals surface area contributed by atoms with Gasteiger partial charge < -0.3 is 24.6 Å². The molecule has 0 spiro atoms. The summed E-state index contributed by atoms with van der Waals surface area (Å²) in [4.78, 5) is 17.0. The summed E-state index contributed by atoms with van der Waals surface area (Å²) in [7, 11) is 3.70. The van der Waals surface area contributed by atoms with E-state index in [4.69, 9.17) is 9.47 Å². The Balaban J connectivity index is 1.62. The molecule has 0 aromatic heterocycles. The summed E-state index contributed by atoms with van der Waals surface area (Å²) < 4.78 is 10.8. The van der Waals surface area contributed by atoms with Crippen molar-refractivity contribution in [3.05, 3.63) is 48.5 Å². The largest absolute Gasteiger partial charge is 0.493 e. The molecule has 0 bridgehead atoms. The summed E-state index contributed by atoms with van der Waals surface area (Å²) in [6.07, 6.45) is 0. The number of nitrogens with zero attached hydrogens (tertiary/aromatic N) is 2. The van der Waals surface area contributed by atoms with E-state index < -0.39 is 0 Å². The molecular formula is C20H25N3O3. The van der Waals surface area contributed by atoms with E-state index in [2.05, 4.69) is 22.2 Å². The van der Waals surface area contributed by atoms with Crippen LogP contribution in [0.15, 0.2) is 48.5 Å². The first-order valence-electron chi connectivity index (χ1n) is 8.75. The number of carbonyl (C=O) groups excluding carboxylic acids is 1. The number of benzene rings is 2. The van der Waals surface area contributed by atoms with Gasteiger partial charge in [-0.15, -0.1) is 0 Å². The Labute approximate surface area is 154 Å². The van der Waals surface area contributed by atoms with Gasteiger partial charge in [-0.1, -0.05) is 24.3 Å². The number of ether oxygens (including phenoxy) is 2. The van der Waals surface area contributed by atoms with E-state index in [1.54, 1.807) is 19.2 Å². The number of nitrogens with one attached hydrogen (secondary N) is 1. The molecule has 1 N–H and O–H groups in total. The highest BCUT2D eigenvalue weighted by Gasteiger charge is 2.18. The van der Waals surface area contributed by atoms with Crippen molar-refractivity contribution in [2.24, 2.45) is 0 Å². The van der Waals surface area contributed by atoms with E-state index in [1.165, 1.54) is 0 Å². The van der Waals surface area contributed by atoms with Crippen LogP contribution < -0.4 is 19.7 Å². The Morgan fingerprint density at radius 1 is 1.00 bits per heavy atom. The van der Waals surface area contributed by atoms with Gasteiger partial charge in [-0.3, -0.25) is 4.79 Å². The fourth-order valence-corrected chi connectivity index (χ4v) is 2.97. The number of piperazine rings is 1. The van der Waals surface area contributed by atoms with Crippen LogP contribution in [-0.2, 0) is 4.79 Å². The SMILES string of the molecule is COc1ccccc1OCC(=O)Nc1ccccc1N1CCN(C)CC1. The minimum absolute atomic E-state index is 0.0720. The van der Waals surface area contributed by atoms with Crippen LogP contribution in [0.2, 0.25) is 0 Å². The molecule has 2 aromatic carbocycles. The first-order chi connectivity index (χ1) is 12.7. The minimum Gasteiger partial charge on any atom is -0.493 e. The molecular weight excluding hydrogens is 330 g/mol. The molecule has 0 radical (unpaired) electrons. The summed E-state index contributed by atoms with van der Waals surface area (Å²) in [5, 5.41) is 2.97. The molecule has 1 saturated heterocycles. The molecule has 138 valence electrons. The molecule has 1 aliphatic heterocycles. The van der Waals surface area contributed by atoms with Gasteiger partial charge in [0.1, 0.15) is 0 Å². The highest BCUT2D eigenvalue weighted by Crippen LogP contribution is 2.27. The molecule has 2 aromatic rings. The second kappa shape index (κ2) is 8.58. The number of amides is 1. The lowest BCUT2D eigenvalue weighted by Gasteiger charge is -2.35. The number of carbonyl (C=O) groups is 1. The predicted molar refractivity (Wildman–Crippen MR) is 103 cm³/mol. The fraction of sp³-hybridized carbons (Fsp3) is 0.350. The van der Waals surface area contributed by atoms with Crippen molar-refractivity contribution in [2.75, 3.05) is 57.2 Å². The quantitative estimate of drug-likeness (QED) is 0.863. The number of rotatable bonds is 6. The third kappa shape index (κ3) is 4.46. The molecule has 0 unspecified atom stereocenters. The maximum Gasteiger partial charge on any atom is 0.262 e. The molecule has 3 rings (SSSR count). The standard InChI is InChI=1S/C20H25N3O3/c1-22-11-13-23(14-12-22)17-8-4-3-7-16(17)21-20(24)15-26-19-10-6-5-9-18(19)25-2/h3-10H,11-15H2,1-2H3,(H,21,24). The number of methoxy groups -OCH3 is 1. The van der Waals surface area contributed by atoms with Gasteiger partial charge in [0.05, 0.1) is 18.5 Å². The normalized spacial score (nSPS) is 14.8. The molecule has 0 aliphatic carbocycles. The monoisotopic (exact) mass is 355 g/mol. The van der Waals surface area contributed by atoms with Gasteiger partial charge >= 0.3 is 0 Å². The smallest absolute Gasteiger partial charge is 0.262 e. The molecule has 1 heterocycles. The van der Waals surface area contributed by atoms with Crippen LogP contribution in [0.25, 0.3) is 0 Å². The first kappa shape index (κ1) is 18.1. The summed E-state index contributed by atoms with van der Waals surface area (Å²) in [5.74, 6) is 0.966. The third-order valence-corrected chi connectivity index (χ3v) is 4.45. The number of para-hydroxylation sites is 4. The first-order valence-corrected chi connectivity index (χ1v) is 8.75. The molecule has 0 atom stereocenters. The van der Waals surface area contributed by atoms with Crippen molar-refractivity contribution >= 4 is 17.3 Å². The van der Waals surface area contributed by atoms with Crippen molar-refractivity contribution in [1.82, 2.24) is 4.90 Å². The molecule has 0 saturated carbocycles. The summed E-state index contributed by atoms with van der Waals surface area (Å²) in [5.41, 5.74) is 1.86. The highest BCUT2D eigenvalue weighted by atomic mass is 16.5. The molecule has 1 fully saturated rings. The summed E-state index contributed by atoms with van der Waals surface area (Å²) in [6, 6.07) is 15.2. The Bertz CT molecular complexity index is 743. The van der Waals surface area contributed by atoms with E-state index in [0.717, 1.165) is 37.6 Å². The van der Waals surface area contributed by atoms with Crippen LogP contribution in [0.5, 0.6) is 11.5 Å². The maximum atomic E-state index is 12.4. The number of likely N-dealkylation sites (N-methyl/N-ethyl adjacent to an activating group) is 1. The number of anilines is 2. The van der Waals surface area contributed by atoms with Gasteiger partial charge in [0.2, 0.25) is 0 Å². The molecule has 6 nitrogen and oxygen atoms in total. The lowest BCUT2D eigenvalue weighted by molar-refractivity contribution is -0.118. The zero-order valence-electron chi connectivity index (χ0n) is 15.3. The van der Waals surface area contributed by atoms with Crippen LogP contribution in [0.3, 0.4) is 0 Å². The molecule has 1 aliphatic rings. The van der Waals surface area contributed by atoms with Gasteiger partial charge in [0, 0.05) is 26.2 Å². The predicted octanol–water partition coefficient (Wildman–Crippen LogP) is 2.46. The van der Waals surface area contributed by atoms with Crippen LogP contribution in [0.1, 0.15) is 0 Å². The van der Waals surface area contributed by atoms with Crippen molar-refractivity contribution in [1.29, 1.82) is 0 Å². The van der Waals surface area contributed by atoms with Crippen LogP contribution in [0.4, 0.5) is 11.4 Å². The van der Waals surface area contributed by atoms with Gasteiger partial charge in [0.15, 0.2) is 18.1 Å². The summed E-state index contributed by atoms with van der Waals surface area (Å²) >= 11 is 0. The average molecular weight is 355 g/mol. The van der Waals surface area contributed by atoms with Crippen molar-refractivity contribution in [3.8, 4) is 11.5 Å². The van der Waals surface area contributed by atoms with Gasteiger partial charge in [0.25, 0.3) is 5.91 Å². The summed E-state index contributed by atoms with van der Waals surface area (Å²) in [6.45, 7) is 3.85. The lowest BCUT2D eigenvalue weighted by atomic mass is 10.2. The second-order valence-corrected chi connectivity index (χ2v) is 6.30. The molecule has 26 heavy (non-hydrogen) atoms. The third-order valence-electron chi connectivity index (χ3n) is 4.45. The lowest BCUT2D eigenvalue weighted by Crippen LogP contribution is -2.44. The highest BCUT2D eigenvalue weighted by molar-refractivity contribution is 5.95. The average Bonchev–Trinajstić information content (AvgIpc) is 2.68. The fourth-order valence-electron chi connectivity index (χ4n) is 2.97. The Morgan fingerprint density at radius 2 is 1.65 bits per heavy atom. The Morgan fingerprint density at radius 3 is 2.38 bits per heavy atom. The van der Waals surface area contributed by atoms with Crippen LogP contribution >= 0.6 is 0 Å². The second-order valence-electron chi connectivity index (χ2n) is 6.30.